The normalized spacial score (nSPS) is 10.0. The molecule has 9 heteroatoms. The Morgan fingerprint density at radius 3 is 2.07 bits per heavy atom. The van der Waals surface area contributed by atoms with Gasteiger partial charge in [-0.25, -0.2) is 14.4 Å². The number of ether oxygens (including phenoxy) is 3. The average molecular weight is 400 g/mol. The van der Waals surface area contributed by atoms with Crippen molar-refractivity contribution in [3.05, 3.63) is 58.7 Å². The number of methoxy groups -OCH3 is 2. The Morgan fingerprint density at radius 1 is 0.931 bits per heavy atom. The van der Waals surface area contributed by atoms with Crippen LogP contribution in [0.25, 0.3) is 0 Å². The van der Waals surface area contributed by atoms with Crippen LogP contribution in [0, 0.1) is 6.92 Å². The maximum absolute atomic E-state index is 12.1. The van der Waals surface area contributed by atoms with Gasteiger partial charge >= 0.3 is 17.9 Å². The van der Waals surface area contributed by atoms with Crippen molar-refractivity contribution in [2.75, 3.05) is 31.9 Å². The molecule has 0 heterocycles. The fraction of sp³-hybridized carbons (Fsp3) is 0.200. The molecular weight excluding hydrogens is 380 g/mol. The molecule has 3 N–H and O–H groups in total. The van der Waals surface area contributed by atoms with Crippen LogP contribution < -0.4 is 11.1 Å². The average Bonchev–Trinajstić information content (AvgIpc) is 2.72. The first kappa shape index (κ1) is 21.4. The standard InChI is InChI=1S/C20H20N2O7/c1-11-5-4-6-15(17(11)21)20(26)29-10-16(23)22-14-8-12(18(24)27-2)7-13(9-14)19(25)28-3/h4-9H,10,21H2,1-3H3,(H,22,23). The first-order valence-electron chi connectivity index (χ1n) is 8.40. The van der Waals surface area contributed by atoms with Gasteiger partial charge in [0.1, 0.15) is 0 Å². The maximum Gasteiger partial charge on any atom is 0.340 e. The number of carbonyl (C=O) groups is 4. The molecule has 9 nitrogen and oxygen atoms in total. The summed E-state index contributed by atoms with van der Waals surface area (Å²) in [6.07, 6.45) is 0. The number of esters is 3. The lowest BCUT2D eigenvalue weighted by Gasteiger charge is -2.11. The van der Waals surface area contributed by atoms with Crippen LogP contribution in [0.2, 0.25) is 0 Å². The number of nitrogens with one attached hydrogen (secondary N) is 1. The number of carbonyl (C=O) groups excluding carboxylic acids is 4. The second-order valence-corrected chi connectivity index (χ2v) is 5.94. The predicted octanol–water partition coefficient (Wildman–Crippen LogP) is 1.95. The quantitative estimate of drug-likeness (QED) is 0.427. The summed E-state index contributed by atoms with van der Waals surface area (Å²) >= 11 is 0. The van der Waals surface area contributed by atoms with Gasteiger partial charge in [0.25, 0.3) is 5.91 Å². The van der Waals surface area contributed by atoms with Crippen LogP contribution in [0.5, 0.6) is 0 Å². The number of amides is 1. The van der Waals surface area contributed by atoms with E-state index < -0.39 is 30.4 Å². The van der Waals surface area contributed by atoms with Gasteiger partial charge in [-0.3, -0.25) is 4.79 Å². The van der Waals surface area contributed by atoms with Crippen molar-refractivity contribution in [2.45, 2.75) is 6.92 Å². The number of nitrogens with two attached hydrogens (primary N) is 1. The highest BCUT2D eigenvalue weighted by atomic mass is 16.5. The Kier molecular flexibility index (Phi) is 6.91. The highest BCUT2D eigenvalue weighted by Gasteiger charge is 2.17. The van der Waals surface area contributed by atoms with E-state index in [9.17, 15) is 19.2 Å². The Morgan fingerprint density at radius 2 is 1.52 bits per heavy atom. The fourth-order valence-corrected chi connectivity index (χ4v) is 2.44. The van der Waals surface area contributed by atoms with Crippen LogP contribution >= 0.6 is 0 Å². The van der Waals surface area contributed by atoms with Gasteiger partial charge < -0.3 is 25.3 Å². The number of para-hydroxylation sites is 1. The first-order valence-corrected chi connectivity index (χ1v) is 8.40. The largest absolute Gasteiger partial charge is 0.465 e. The lowest BCUT2D eigenvalue weighted by molar-refractivity contribution is -0.119. The lowest BCUT2D eigenvalue weighted by atomic mass is 10.1. The van der Waals surface area contributed by atoms with Gasteiger partial charge in [0.2, 0.25) is 0 Å². The molecule has 0 saturated carbocycles. The molecule has 0 aromatic heterocycles. The second-order valence-electron chi connectivity index (χ2n) is 5.94. The van der Waals surface area contributed by atoms with Crippen LogP contribution in [0.1, 0.15) is 36.6 Å². The minimum atomic E-state index is -0.750. The van der Waals surface area contributed by atoms with Crippen LogP contribution in [0.15, 0.2) is 36.4 Å². The molecule has 0 fully saturated rings. The molecule has 29 heavy (non-hydrogen) atoms. The van der Waals surface area contributed by atoms with E-state index in [1.165, 1.54) is 38.5 Å². The molecule has 1 amide bonds. The molecule has 0 aliphatic heterocycles. The van der Waals surface area contributed by atoms with E-state index in [0.717, 1.165) is 0 Å². The molecule has 2 aromatic rings. The summed E-state index contributed by atoms with van der Waals surface area (Å²) in [6, 6.07) is 8.78. The third kappa shape index (κ3) is 5.32. The zero-order chi connectivity index (χ0) is 21.6. The Hall–Kier alpha value is -3.88. The van der Waals surface area contributed by atoms with Crippen molar-refractivity contribution >= 4 is 35.2 Å². The van der Waals surface area contributed by atoms with Crippen LogP contribution in [-0.2, 0) is 19.0 Å². The van der Waals surface area contributed by atoms with E-state index in [1.54, 1.807) is 19.1 Å². The Balaban J connectivity index is 2.11. The van der Waals surface area contributed by atoms with Crippen LogP contribution in [0.4, 0.5) is 11.4 Å². The fourth-order valence-electron chi connectivity index (χ4n) is 2.44. The summed E-state index contributed by atoms with van der Waals surface area (Å²) < 4.78 is 14.2. The van der Waals surface area contributed by atoms with Gasteiger partial charge in [-0.1, -0.05) is 12.1 Å². The van der Waals surface area contributed by atoms with Crippen molar-refractivity contribution in [3.63, 3.8) is 0 Å². The molecular formula is C20H20N2O7. The molecule has 2 rings (SSSR count). The maximum atomic E-state index is 12.1. The molecule has 0 spiro atoms. The first-order chi connectivity index (χ1) is 13.8. The topological polar surface area (TPSA) is 134 Å². The molecule has 0 saturated heterocycles. The van der Waals surface area contributed by atoms with Crippen molar-refractivity contribution in [1.29, 1.82) is 0 Å². The number of benzene rings is 2. The van der Waals surface area contributed by atoms with Crippen molar-refractivity contribution < 1.29 is 33.4 Å². The number of rotatable bonds is 6. The molecule has 0 bridgehead atoms. The molecule has 2 aromatic carbocycles. The second kappa shape index (κ2) is 9.36. The molecule has 0 aliphatic rings. The minimum absolute atomic E-state index is 0.0372. The Bertz CT molecular complexity index is 935. The summed E-state index contributed by atoms with van der Waals surface area (Å²) in [4.78, 5) is 47.8. The van der Waals surface area contributed by atoms with Gasteiger partial charge in [0.15, 0.2) is 6.61 Å². The molecule has 0 unspecified atom stereocenters. The summed E-state index contributed by atoms with van der Waals surface area (Å²) in [5, 5.41) is 2.45. The van der Waals surface area contributed by atoms with E-state index in [0.29, 0.717) is 5.56 Å². The highest BCUT2D eigenvalue weighted by molar-refractivity contribution is 6.01. The molecule has 152 valence electrons. The summed E-state index contributed by atoms with van der Waals surface area (Å²) in [5.74, 6) is -2.83. The minimum Gasteiger partial charge on any atom is -0.465 e. The highest BCUT2D eigenvalue weighted by Crippen LogP contribution is 2.19. The number of hydrogen-bond donors (Lipinski definition) is 2. The third-order valence-corrected chi connectivity index (χ3v) is 3.94. The van der Waals surface area contributed by atoms with Gasteiger partial charge in [-0.05, 0) is 36.8 Å². The van der Waals surface area contributed by atoms with E-state index in [-0.39, 0.29) is 28.1 Å². The zero-order valence-electron chi connectivity index (χ0n) is 16.1. The van der Waals surface area contributed by atoms with Crippen LogP contribution in [-0.4, -0.2) is 44.6 Å². The van der Waals surface area contributed by atoms with Gasteiger partial charge in [0, 0.05) is 11.4 Å². The smallest absolute Gasteiger partial charge is 0.340 e. The van der Waals surface area contributed by atoms with Crippen molar-refractivity contribution in [1.82, 2.24) is 0 Å². The van der Waals surface area contributed by atoms with E-state index >= 15 is 0 Å². The molecule has 0 aliphatic carbocycles. The number of hydrogen-bond acceptors (Lipinski definition) is 8. The van der Waals surface area contributed by atoms with Crippen LogP contribution in [0.3, 0.4) is 0 Å². The molecule has 0 atom stereocenters. The van der Waals surface area contributed by atoms with E-state index in [4.69, 9.17) is 10.5 Å². The number of anilines is 2. The Labute approximate surface area is 166 Å². The summed E-state index contributed by atoms with van der Waals surface area (Å²) in [6.45, 7) is 1.15. The number of nitrogen functional groups attached to an aromatic ring is 1. The SMILES string of the molecule is COC(=O)c1cc(NC(=O)COC(=O)c2cccc(C)c2N)cc(C(=O)OC)c1. The van der Waals surface area contributed by atoms with Gasteiger partial charge in [0.05, 0.1) is 30.9 Å². The van der Waals surface area contributed by atoms with Crippen molar-refractivity contribution in [2.24, 2.45) is 0 Å². The molecule has 0 radical (unpaired) electrons. The van der Waals surface area contributed by atoms with Gasteiger partial charge in [-0.15, -0.1) is 0 Å². The van der Waals surface area contributed by atoms with Gasteiger partial charge in [-0.2, -0.15) is 0 Å². The lowest BCUT2D eigenvalue weighted by Crippen LogP contribution is -2.22. The monoisotopic (exact) mass is 400 g/mol. The summed E-state index contributed by atoms with van der Waals surface area (Å²) in [7, 11) is 2.36. The third-order valence-electron chi connectivity index (χ3n) is 3.94. The summed E-state index contributed by atoms with van der Waals surface area (Å²) in [5.41, 5.74) is 7.17. The number of aryl methyl sites for hydroxylation is 1. The zero-order valence-corrected chi connectivity index (χ0v) is 16.1. The van der Waals surface area contributed by atoms with E-state index in [1.807, 2.05) is 0 Å². The van der Waals surface area contributed by atoms with E-state index in [2.05, 4.69) is 14.8 Å². The van der Waals surface area contributed by atoms with Crippen molar-refractivity contribution in [3.8, 4) is 0 Å². The predicted molar refractivity (Wildman–Crippen MR) is 104 cm³/mol.